The van der Waals surface area contributed by atoms with E-state index in [-0.39, 0.29) is 11.3 Å². The molecule has 2 saturated heterocycles. The maximum atomic E-state index is 12.4. The molecule has 1 atom stereocenters. The summed E-state index contributed by atoms with van der Waals surface area (Å²) in [5.41, 5.74) is 1.45. The number of ether oxygens (including phenoxy) is 1. The van der Waals surface area contributed by atoms with Crippen molar-refractivity contribution < 1.29 is 9.53 Å². The Balaban J connectivity index is 1.42. The molecule has 2 aromatic rings. The summed E-state index contributed by atoms with van der Waals surface area (Å²) in [5.74, 6) is 1.08. The SMILES string of the molecule is O=C1CC[C@]2(CCOC2)CN1Cc1nncn1CCc1ccccc1. The minimum absolute atomic E-state index is 0.156. The number of amides is 1. The van der Waals surface area contributed by atoms with Crippen LogP contribution in [0, 0.1) is 5.41 Å². The van der Waals surface area contributed by atoms with E-state index in [1.54, 1.807) is 6.33 Å². The zero-order valence-corrected chi connectivity index (χ0v) is 14.4. The van der Waals surface area contributed by atoms with Crippen LogP contribution in [0.25, 0.3) is 0 Å². The lowest BCUT2D eigenvalue weighted by Gasteiger charge is -2.39. The summed E-state index contributed by atoms with van der Waals surface area (Å²) in [6, 6.07) is 10.4. The molecule has 6 heteroatoms. The van der Waals surface area contributed by atoms with Gasteiger partial charge in [-0.2, -0.15) is 0 Å². The van der Waals surface area contributed by atoms with Gasteiger partial charge in [-0.25, -0.2) is 0 Å². The Kier molecular flexibility index (Phi) is 4.53. The van der Waals surface area contributed by atoms with Gasteiger partial charge in [0.25, 0.3) is 0 Å². The van der Waals surface area contributed by atoms with Gasteiger partial charge in [0, 0.05) is 31.5 Å². The predicted molar refractivity (Wildman–Crippen MR) is 92.7 cm³/mol. The Hall–Kier alpha value is -2.21. The van der Waals surface area contributed by atoms with Gasteiger partial charge in [0.05, 0.1) is 13.2 Å². The van der Waals surface area contributed by atoms with Gasteiger partial charge in [0.15, 0.2) is 5.82 Å². The van der Waals surface area contributed by atoms with Gasteiger partial charge in [-0.1, -0.05) is 30.3 Å². The van der Waals surface area contributed by atoms with Gasteiger partial charge >= 0.3 is 0 Å². The van der Waals surface area contributed by atoms with E-state index in [2.05, 4.69) is 39.0 Å². The molecule has 2 aliphatic heterocycles. The molecule has 0 N–H and O–H groups in total. The third kappa shape index (κ3) is 3.58. The van der Waals surface area contributed by atoms with Crippen LogP contribution in [0.5, 0.6) is 0 Å². The molecule has 2 fully saturated rings. The number of aryl methyl sites for hydroxylation is 2. The molecule has 3 heterocycles. The fourth-order valence-corrected chi connectivity index (χ4v) is 3.87. The highest BCUT2D eigenvalue weighted by atomic mass is 16.5. The summed E-state index contributed by atoms with van der Waals surface area (Å²) < 4.78 is 7.66. The first-order valence-corrected chi connectivity index (χ1v) is 9.00. The summed E-state index contributed by atoms with van der Waals surface area (Å²) in [6.45, 7) is 3.72. The Morgan fingerprint density at radius 3 is 2.88 bits per heavy atom. The van der Waals surface area contributed by atoms with Crippen LogP contribution in [0.1, 0.15) is 30.7 Å². The molecular formula is C19H24N4O2. The standard InChI is InChI=1S/C19H24N4O2/c24-18-6-8-19(9-11-25-14-19)13-23(18)12-17-21-20-15-22(17)10-7-16-4-2-1-3-5-16/h1-5,15H,6-14H2/t19-/m0/s1. The maximum Gasteiger partial charge on any atom is 0.223 e. The molecule has 1 aromatic carbocycles. The van der Waals surface area contributed by atoms with E-state index in [0.717, 1.165) is 51.4 Å². The normalized spacial score (nSPS) is 23.5. The molecule has 0 unspecified atom stereocenters. The fraction of sp³-hybridized carbons (Fsp3) is 0.526. The van der Waals surface area contributed by atoms with Crippen molar-refractivity contribution in [3.05, 3.63) is 48.0 Å². The van der Waals surface area contributed by atoms with Crippen LogP contribution in [-0.2, 0) is 29.0 Å². The highest BCUT2D eigenvalue weighted by molar-refractivity contribution is 5.77. The topological polar surface area (TPSA) is 60.2 Å². The van der Waals surface area contributed by atoms with E-state index >= 15 is 0 Å². The quantitative estimate of drug-likeness (QED) is 0.836. The molecule has 4 rings (SSSR count). The molecule has 0 aliphatic carbocycles. The molecule has 0 radical (unpaired) electrons. The highest BCUT2D eigenvalue weighted by Gasteiger charge is 2.41. The van der Waals surface area contributed by atoms with Crippen LogP contribution in [0.3, 0.4) is 0 Å². The zero-order valence-electron chi connectivity index (χ0n) is 14.4. The first-order valence-electron chi connectivity index (χ1n) is 9.00. The second-order valence-corrected chi connectivity index (χ2v) is 7.23. The lowest BCUT2D eigenvalue weighted by Crippen LogP contribution is -2.46. The number of likely N-dealkylation sites (tertiary alicyclic amines) is 1. The van der Waals surface area contributed by atoms with E-state index in [1.807, 2.05) is 11.0 Å². The molecule has 132 valence electrons. The van der Waals surface area contributed by atoms with Crippen LogP contribution < -0.4 is 0 Å². The van der Waals surface area contributed by atoms with E-state index in [0.29, 0.717) is 13.0 Å². The van der Waals surface area contributed by atoms with E-state index in [1.165, 1.54) is 5.56 Å². The third-order valence-electron chi connectivity index (χ3n) is 5.45. The Morgan fingerprint density at radius 1 is 1.20 bits per heavy atom. The number of nitrogens with zero attached hydrogens (tertiary/aromatic N) is 4. The van der Waals surface area contributed by atoms with Gasteiger partial charge in [0.2, 0.25) is 5.91 Å². The molecule has 2 aliphatic rings. The van der Waals surface area contributed by atoms with Gasteiger partial charge < -0.3 is 14.2 Å². The van der Waals surface area contributed by atoms with Crippen molar-refractivity contribution in [3.63, 3.8) is 0 Å². The predicted octanol–water partition coefficient (Wildman–Crippen LogP) is 2.05. The first kappa shape index (κ1) is 16.3. The van der Waals surface area contributed by atoms with Gasteiger partial charge in [0.1, 0.15) is 6.33 Å². The Bertz CT molecular complexity index is 722. The monoisotopic (exact) mass is 340 g/mol. The number of carbonyl (C=O) groups excluding carboxylic acids is 1. The lowest BCUT2D eigenvalue weighted by molar-refractivity contribution is -0.138. The zero-order chi connectivity index (χ0) is 17.1. The largest absolute Gasteiger partial charge is 0.381 e. The van der Waals surface area contributed by atoms with E-state index in [4.69, 9.17) is 4.74 Å². The molecule has 0 saturated carbocycles. The number of piperidine rings is 1. The molecule has 25 heavy (non-hydrogen) atoms. The van der Waals surface area contributed by atoms with Crippen molar-refractivity contribution in [1.82, 2.24) is 19.7 Å². The van der Waals surface area contributed by atoms with Crippen LogP contribution in [0.4, 0.5) is 0 Å². The summed E-state index contributed by atoms with van der Waals surface area (Å²) in [6.07, 6.45) is 5.31. The fourth-order valence-electron chi connectivity index (χ4n) is 3.87. The minimum atomic E-state index is 0.156. The van der Waals surface area contributed by atoms with Crippen molar-refractivity contribution in [2.75, 3.05) is 19.8 Å². The first-order chi connectivity index (χ1) is 12.2. The van der Waals surface area contributed by atoms with Crippen molar-refractivity contribution in [2.45, 2.75) is 38.8 Å². The number of aromatic nitrogens is 3. The summed E-state index contributed by atoms with van der Waals surface area (Å²) in [7, 11) is 0. The average Bonchev–Trinajstić information content (AvgIpc) is 3.27. The van der Waals surface area contributed by atoms with E-state index in [9.17, 15) is 4.79 Å². The van der Waals surface area contributed by atoms with Gasteiger partial charge in [-0.15, -0.1) is 10.2 Å². The summed E-state index contributed by atoms with van der Waals surface area (Å²) >= 11 is 0. The molecule has 1 aromatic heterocycles. The van der Waals surface area contributed by atoms with Crippen LogP contribution >= 0.6 is 0 Å². The third-order valence-corrected chi connectivity index (χ3v) is 5.45. The van der Waals surface area contributed by atoms with Crippen molar-refractivity contribution in [3.8, 4) is 0 Å². The van der Waals surface area contributed by atoms with Crippen molar-refractivity contribution >= 4 is 5.91 Å². The second kappa shape index (κ2) is 6.96. The molecule has 1 amide bonds. The highest BCUT2D eigenvalue weighted by Crippen LogP contribution is 2.38. The van der Waals surface area contributed by atoms with E-state index < -0.39 is 0 Å². The number of rotatable bonds is 5. The summed E-state index contributed by atoms with van der Waals surface area (Å²) in [5, 5.41) is 8.32. The average molecular weight is 340 g/mol. The Labute approximate surface area is 147 Å². The number of carbonyl (C=O) groups is 1. The number of benzene rings is 1. The molecule has 0 bridgehead atoms. The van der Waals surface area contributed by atoms with Crippen LogP contribution in [0.15, 0.2) is 36.7 Å². The smallest absolute Gasteiger partial charge is 0.223 e. The van der Waals surface area contributed by atoms with Gasteiger partial charge in [-0.3, -0.25) is 4.79 Å². The Morgan fingerprint density at radius 2 is 2.08 bits per heavy atom. The molecule has 6 nitrogen and oxygen atoms in total. The maximum absolute atomic E-state index is 12.4. The molecule has 1 spiro atoms. The van der Waals surface area contributed by atoms with Crippen LogP contribution in [0.2, 0.25) is 0 Å². The van der Waals surface area contributed by atoms with Crippen molar-refractivity contribution in [2.24, 2.45) is 5.41 Å². The number of hydrogen-bond acceptors (Lipinski definition) is 4. The second-order valence-electron chi connectivity index (χ2n) is 7.23. The van der Waals surface area contributed by atoms with Crippen LogP contribution in [-0.4, -0.2) is 45.3 Å². The van der Waals surface area contributed by atoms with Gasteiger partial charge in [-0.05, 0) is 24.8 Å². The lowest BCUT2D eigenvalue weighted by atomic mass is 9.79. The summed E-state index contributed by atoms with van der Waals surface area (Å²) in [4.78, 5) is 14.3. The van der Waals surface area contributed by atoms with Crippen molar-refractivity contribution in [1.29, 1.82) is 0 Å². The molecular weight excluding hydrogens is 316 g/mol. The number of hydrogen-bond donors (Lipinski definition) is 0. The minimum Gasteiger partial charge on any atom is -0.381 e.